The number of nitrogens with one attached hydrogen (secondary N) is 1. The van der Waals surface area contributed by atoms with E-state index in [1.807, 2.05) is 30.5 Å². The number of aromatic nitrogens is 1. The van der Waals surface area contributed by atoms with Crippen molar-refractivity contribution in [1.82, 2.24) is 9.88 Å². The van der Waals surface area contributed by atoms with Gasteiger partial charge in [-0.2, -0.15) is 18.4 Å². The second-order valence-electron chi connectivity index (χ2n) is 8.22. The van der Waals surface area contributed by atoms with Crippen LogP contribution in [0.3, 0.4) is 0 Å². The first-order valence-corrected chi connectivity index (χ1v) is 10.3. The molecule has 0 radical (unpaired) electrons. The van der Waals surface area contributed by atoms with Gasteiger partial charge in [-0.3, -0.25) is 9.69 Å². The largest absolute Gasteiger partial charge is 0.408 e. The van der Waals surface area contributed by atoms with Crippen LogP contribution in [0.1, 0.15) is 31.9 Å². The number of nitrogens with two attached hydrogens (primary N) is 1. The first-order chi connectivity index (χ1) is 15.1. The number of aromatic amines is 1. The number of hydrogen-bond acceptors (Lipinski definition) is 3. The van der Waals surface area contributed by atoms with Crippen molar-refractivity contribution >= 4 is 16.8 Å². The molecule has 1 unspecified atom stereocenters. The van der Waals surface area contributed by atoms with Crippen LogP contribution in [-0.4, -0.2) is 34.6 Å². The minimum atomic E-state index is -4.70. The predicted octanol–water partition coefficient (Wildman–Crippen LogP) is 5.16. The highest BCUT2D eigenvalue weighted by Crippen LogP contribution is 2.40. The van der Waals surface area contributed by atoms with E-state index in [-0.39, 0.29) is 17.9 Å². The molecule has 0 saturated carbocycles. The van der Waals surface area contributed by atoms with Crippen LogP contribution in [0.5, 0.6) is 0 Å². The number of benzene rings is 2. The molecular weight excluding hydrogens is 417 g/mol. The van der Waals surface area contributed by atoms with E-state index >= 15 is 0 Å². The molecule has 5 nitrogen and oxygen atoms in total. The molecular formula is C24H25F3N4O. The van der Waals surface area contributed by atoms with Crippen LogP contribution in [0.15, 0.2) is 54.7 Å². The van der Waals surface area contributed by atoms with E-state index in [0.717, 1.165) is 26.9 Å². The lowest BCUT2D eigenvalue weighted by molar-refractivity contribution is -0.192. The lowest BCUT2D eigenvalue weighted by Crippen LogP contribution is -2.51. The number of nitriles is 1. The SMILES string of the molecule is CC(C)C[C@@H](C(N)=O)N(CC#N)C(c1ccc(-c2ccc3[nH]ccc3c2)cc1)C(F)(F)F. The fourth-order valence-corrected chi connectivity index (χ4v) is 3.98. The van der Waals surface area contributed by atoms with Crippen molar-refractivity contribution in [3.8, 4) is 17.2 Å². The van der Waals surface area contributed by atoms with Crippen molar-refractivity contribution in [3.63, 3.8) is 0 Å². The average Bonchev–Trinajstić information content (AvgIpc) is 3.19. The number of hydrogen-bond donors (Lipinski definition) is 2. The maximum atomic E-state index is 14.2. The lowest BCUT2D eigenvalue weighted by atomic mass is 9.95. The Labute approximate surface area is 184 Å². The number of nitrogens with zero attached hydrogens (tertiary/aromatic N) is 2. The molecule has 2 aromatic carbocycles. The maximum Gasteiger partial charge on any atom is 0.408 e. The molecule has 0 bridgehead atoms. The fraction of sp³-hybridized carbons (Fsp3) is 0.333. The molecule has 0 aliphatic heterocycles. The quantitative estimate of drug-likeness (QED) is 0.472. The summed E-state index contributed by atoms with van der Waals surface area (Å²) in [6.45, 7) is 3.01. The zero-order valence-corrected chi connectivity index (χ0v) is 17.9. The predicted molar refractivity (Wildman–Crippen MR) is 117 cm³/mol. The van der Waals surface area contributed by atoms with Crippen LogP contribution >= 0.6 is 0 Å². The Bertz CT molecular complexity index is 1110. The van der Waals surface area contributed by atoms with Crippen LogP contribution in [0.25, 0.3) is 22.0 Å². The van der Waals surface area contributed by atoms with E-state index < -0.39 is 30.7 Å². The summed E-state index contributed by atoms with van der Waals surface area (Å²) in [6, 6.07) is 12.1. The number of carbonyl (C=O) groups excluding carboxylic acids is 1. The van der Waals surface area contributed by atoms with Gasteiger partial charge in [0, 0.05) is 11.7 Å². The molecule has 1 heterocycles. The van der Waals surface area contributed by atoms with Crippen molar-refractivity contribution in [2.45, 2.75) is 38.5 Å². The van der Waals surface area contributed by atoms with E-state index in [4.69, 9.17) is 5.73 Å². The number of primary amides is 1. The number of rotatable bonds is 8. The summed E-state index contributed by atoms with van der Waals surface area (Å²) in [6.07, 6.45) is -2.76. The van der Waals surface area contributed by atoms with Gasteiger partial charge in [-0.1, -0.05) is 44.2 Å². The Kier molecular flexibility index (Phi) is 6.90. The van der Waals surface area contributed by atoms with Gasteiger partial charge in [-0.15, -0.1) is 0 Å². The fourth-order valence-electron chi connectivity index (χ4n) is 3.98. The van der Waals surface area contributed by atoms with E-state index in [9.17, 15) is 23.2 Å². The summed E-state index contributed by atoms with van der Waals surface area (Å²) in [5.41, 5.74) is 8.01. The molecule has 32 heavy (non-hydrogen) atoms. The Morgan fingerprint density at radius 2 is 1.78 bits per heavy atom. The summed E-state index contributed by atoms with van der Waals surface area (Å²) in [5.74, 6) is -0.951. The van der Waals surface area contributed by atoms with E-state index in [2.05, 4.69) is 4.98 Å². The average molecular weight is 442 g/mol. The molecule has 0 aliphatic carbocycles. The van der Waals surface area contributed by atoms with Crippen LogP contribution in [-0.2, 0) is 4.79 Å². The smallest absolute Gasteiger partial charge is 0.368 e. The summed E-state index contributed by atoms with van der Waals surface area (Å²) < 4.78 is 42.6. The Hall–Kier alpha value is -3.31. The number of halogens is 3. The van der Waals surface area contributed by atoms with Gasteiger partial charge < -0.3 is 10.7 Å². The number of amides is 1. The highest BCUT2D eigenvalue weighted by Gasteiger charge is 2.47. The lowest BCUT2D eigenvalue weighted by Gasteiger charge is -2.37. The number of fused-ring (bicyclic) bond motifs is 1. The van der Waals surface area contributed by atoms with Crippen molar-refractivity contribution < 1.29 is 18.0 Å². The van der Waals surface area contributed by atoms with Gasteiger partial charge in [0.15, 0.2) is 0 Å². The normalized spacial score (nSPS) is 13.9. The monoisotopic (exact) mass is 442 g/mol. The van der Waals surface area contributed by atoms with Crippen LogP contribution in [0.4, 0.5) is 13.2 Å². The van der Waals surface area contributed by atoms with Gasteiger partial charge in [0.2, 0.25) is 5.91 Å². The molecule has 0 fully saturated rings. The van der Waals surface area contributed by atoms with Gasteiger partial charge in [-0.05, 0) is 52.6 Å². The minimum Gasteiger partial charge on any atom is -0.368 e. The minimum absolute atomic E-state index is 0.0470. The summed E-state index contributed by atoms with van der Waals surface area (Å²) >= 11 is 0. The van der Waals surface area contributed by atoms with Gasteiger partial charge >= 0.3 is 6.18 Å². The highest BCUT2D eigenvalue weighted by atomic mass is 19.4. The zero-order valence-electron chi connectivity index (χ0n) is 17.9. The molecule has 3 N–H and O–H groups in total. The van der Waals surface area contributed by atoms with Gasteiger partial charge in [0.05, 0.1) is 18.7 Å². The molecule has 2 atom stereocenters. The van der Waals surface area contributed by atoms with Crippen molar-refractivity contribution in [1.29, 1.82) is 5.26 Å². The van der Waals surface area contributed by atoms with Gasteiger partial charge in [-0.25, -0.2) is 0 Å². The Morgan fingerprint density at radius 3 is 2.34 bits per heavy atom. The third-order valence-electron chi connectivity index (χ3n) is 5.43. The molecule has 8 heteroatoms. The highest BCUT2D eigenvalue weighted by molar-refractivity contribution is 5.85. The standard InChI is InChI=1S/C24H25F3N4O/c1-15(2)13-21(23(29)32)31(12-10-28)22(24(25,26)27)17-5-3-16(4-6-17)18-7-8-20-19(14-18)9-11-30-20/h3-9,11,14-15,21-22,30H,12-13H2,1-2H3,(H2,29,32)/t21-,22?/m0/s1. The molecule has 3 rings (SSSR count). The van der Waals surface area contributed by atoms with Crippen molar-refractivity contribution in [2.24, 2.45) is 11.7 Å². The second kappa shape index (κ2) is 9.45. The third-order valence-corrected chi connectivity index (χ3v) is 5.43. The number of carbonyl (C=O) groups is 1. The third kappa shape index (κ3) is 5.11. The Balaban J connectivity index is 2.00. The van der Waals surface area contributed by atoms with E-state index in [1.165, 1.54) is 12.1 Å². The maximum absolute atomic E-state index is 14.2. The molecule has 0 aliphatic rings. The summed E-state index contributed by atoms with van der Waals surface area (Å²) in [4.78, 5) is 16.0. The first-order valence-electron chi connectivity index (χ1n) is 10.3. The summed E-state index contributed by atoms with van der Waals surface area (Å²) in [5, 5.41) is 10.2. The van der Waals surface area contributed by atoms with Crippen LogP contribution < -0.4 is 5.73 Å². The van der Waals surface area contributed by atoms with Crippen LogP contribution in [0.2, 0.25) is 0 Å². The molecule has 1 amide bonds. The van der Waals surface area contributed by atoms with Gasteiger partial charge in [0.1, 0.15) is 6.04 Å². The van der Waals surface area contributed by atoms with Crippen LogP contribution in [0, 0.1) is 17.2 Å². The van der Waals surface area contributed by atoms with Crippen molar-refractivity contribution in [3.05, 3.63) is 60.3 Å². The topological polar surface area (TPSA) is 85.9 Å². The number of alkyl halides is 3. The molecule has 168 valence electrons. The number of H-pyrrole nitrogens is 1. The first kappa shape index (κ1) is 23.4. The van der Waals surface area contributed by atoms with Gasteiger partial charge in [0.25, 0.3) is 0 Å². The molecule has 3 aromatic rings. The summed E-state index contributed by atoms with van der Waals surface area (Å²) in [7, 11) is 0. The van der Waals surface area contributed by atoms with E-state index in [1.54, 1.807) is 32.0 Å². The van der Waals surface area contributed by atoms with E-state index in [0.29, 0.717) is 0 Å². The molecule has 1 aromatic heterocycles. The zero-order chi connectivity index (χ0) is 23.5. The molecule has 0 spiro atoms. The van der Waals surface area contributed by atoms with Crippen molar-refractivity contribution in [2.75, 3.05) is 6.54 Å². The second-order valence-corrected chi connectivity index (χ2v) is 8.22. The Morgan fingerprint density at radius 1 is 1.12 bits per heavy atom. The molecule has 0 saturated heterocycles.